The lowest BCUT2D eigenvalue weighted by atomic mass is 10.2. The number of pyridine rings is 1. The molecule has 0 bridgehead atoms. The number of hydrogen-bond acceptors (Lipinski definition) is 6. The van der Waals surface area contributed by atoms with Crippen LogP contribution in [0.25, 0.3) is 10.9 Å². The van der Waals surface area contributed by atoms with Crippen molar-refractivity contribution < 1.29 is 19.4 Å². The quantitative estimate of drug-likeness (QED) is 0.532. The van der Waals surface area contributed by atoms with Gasteiger partial charge in [0.25, 0.3) is 0 Å². The largest absolute Gasteiger partial charge is 0.490 e. The summed E-state index contributed by atoms with van der Waals surface area (Å²) in [4.78, 5) is 18.6. The van der Waals surface area contributed by atoms with E-state index in [0.717, 1.165) is 10.9 Å². The van der Waals surface area contributed by atoms with E-state index in [1.807, 2.05) is 56.3 Å². The Labute approximate surface area is 175 Å². The number of anilines is 1. The first-order valence-electron chi connectivity index (χ1n) is 10.1. The van der Waals surface area contributed by atoms with Crippen LogP contribution >= 0.6 is 0 Å². The maximum atomic E-state index is 13.0. The summed E-state index contributed by atoms with van der Waals surface area (Å²) >= 11 is 0. The predicted octanol–water partition coefficient (Wildman–Crippen LogP) is 3.22. The van der Waals surface area contributed by atoms with E-state index in [1.54, 1.807) is 13.0 Å². The van der Waals surface area contributed by atoms with Crippen molar-refractivity contribution in [1.82, 2.24) is 4.73 Å². The summed E-state index contributed by atoms with van der Waals surface area (Å²) in [5, 5.41) is 13.6. The first kappa shape index (κ1) is 21.5. The minimum absolute atomic E-state index is 0.0178. The molecule has 0 spiro atoms. The molecule has 7 nitrogen and oxygen atoms in total. The zero-order valence-corrected chi connectivity index (χ0v) is 17.6. The highest BCUT2D eigenvalue weighted by Crippen LogP contribution is 2.29. The minimum Gasteiger partial charge on any atom is -0.490 e. The van der Waals surface area contributed by atoms with Crippen molar-refractivity contribution in [2.75, 3.05) is 25.1 Å². The van der Waals surface area contributed by atoms with Gasteiger partial charge >= 0.3 is 5.56 Å². The summed E-state index contributed by atoms with van der Waals surface area (Å²) in [5.74, 6) is 1.37. The van der Waals surface area contributed by atoms with Crippen LogP contribution in [0.1, 0.15) is 26.3 Å². The Kier molecular flexibility index (Phi) is 7.19. The number of aromatic nitrogens is 1. The molecular formula is C23H28N2O5. The van der Waals surface area contributed by atoms with E-state index in [1.165, 1.54) is 4.73 Å². The summed E-state index contributed by atoms with van der Waals surface area (Å²) in [7, 11) is 0. The number of benzene rings is 2. The first-order chi connectivity index (χ1) is 14.5. The average Bonchev–Trinajstić information content (AvgIpc) is 2.73. The molecule has 0 aliphatic heterocycles. The Hall–Kier alpha value is -3.19. The van der Waals surface area contributed by atoms with Crippen molar-refractivity contribution in [2.45, 2.75) is 33.4 Å². The molecule has 30 heavy (non-hydrogen) atoms. The highest BCUT2D eigenvalue weighted by atomic mass is 16.7. The minimum atomic E-state index is -0.687. The second-order valence-electron chi connectivity index (χ2n) is 6.86. The number of fused-ring (bicyclic) bond motifs is 1. The summed E-state index contributed by atoms with van der Waals surface area (Å²) in [6.45, 7) is 6.99. The van der Waals surface area contributed by atoms with Gasteiger partial charge in [-0.25, -0.2) is 0 Å². The van der Waals surface area contributed by atoms with Crippen molar-refractivity contribution >= 4 is 16.6 Å². The predicted molar refractivity (Wildman–Crippen MR) is 117 cm³/mol. The maximum Gasteiger partial charge on any atom is 0.306 e. The van der Waals surface area contributed by atoms with Crippen LogP contribution in [0.5, 0.6) is 11.5 Å². The van der Waals surface area contributed by atoms with Gasteiger partial charge in [-0.15, -0.1) is 4.73 Å². The lowest BCUT2D eigenvalue weighted by Gasteiger charge is -2.16. The number of nitrogens with one attached hydrogen (secondary N) is 1. The zero-order valence-electron chi connectivity index (χ0n) is 17.6. The van der Waals surface area contributed by atoms with E-state index in [9.17, 15) is 9.90 Å². The lowest BCUT2D eigenvalue weighted by molar-refractivity contribution is 0.0365. The van der Waals surface area contributed by atoms with Crippen LogP contribution in [-0.2, 0) is 6.54 Å². The van der Waals surface area contributed by atoms with E-state index >= 15 is 0 Å². The van der Waals surface area contributed by atoms with Gasteiger partial charge < -0.3 is 24.7 Å². The molecule has 1 unspecified atom stereocenters. The molecule has 0 aliphatic carbocycles. The van der Waals surface area contributed by atoms with Crippen LogP contribution in [0.2, 0.25) is 0 Å². The molecule has 0 fully saturated rings. The molecule has 2 N–H and O–H groups in total. The number of aliphatic hydroxyl groups is 1. The van der Waals surface area contributed by atoms with Gasteiger partial charge in [-0.3, -0.25) is 4.79 Å². The summed E-state index contributed by atoms with van der Waals surface area (Å²) in [5.41, 5.74) is 1.69. The fourth-order valence-corrected chi connectivity index (χ4v) is 3.07. The zero-order chi connectivity index (χ0) is 21.5. The number of nitrogens with zero attached hydrogens (tertiary/aromatic N) is 1. The second kappa shape index (κ2) is 10.0. The molecular weight excluding hydrogens is 384 g/mol. The van der Waals surface area contributed by atoms with Gasteiger partial charge in [-0.2, -0.15) is 0 Å². The van der Waals surface area contributed by atoms with Crippen molar-refractivity contribution in [3.05, 3.63) is 64.4 Å². The van der Waals surface area contributed by atoms with Crippen molar-refractivity contribution in [1.29, 1.82) is 0 Å². The number of ether oxygens (including phenoxy) is 2. The second-order valence-corrected chi connectivity index (χ2v) is 6.86. The fourth-order valence-electron chi connectivity index (χ4n) is 3.07. The molecule has 1 atom stereocenters. The average molecular weight is 412 g/mol. The molecule has 3 rings (SSSR count). The normalized spacial score (nSPS) is 11.9. The van der Waals surface area contributed by atoms with Crippen molar-refractivity contribution in [2.24, 2.45) is 0 Å². The van der Waals surface area contributed by atoms with Crippen LogP contribution in [0.4, 0.5) is 5.69 Å². The summed E-state index contributed by atoms with van der Waals surface area (Å²) in [6.07, 6.45) is -0.687. The van der Waals surface area contributed by atoms with E-state index in [-0.39, 0.29) is 12.2 Å². The van der Waals surface area contributed by atoms with E-state index < -0.39 is 6.10 Å². The smallest absolute Gasteiger partial charge is 0.306 e. The lowest BCUT2D eigenvalue weighted by Crippen LogP contribution is -2.32. The Balaban J connectivity index is 1.88. The Bertz CT molecular complexity index is 1050. The number of hydrogen-bond donors (Lipinski definition) is 2. The molecule has 7 heteroatoms. The third-order valence-corrected chi connectivity index (χ3v) is 4.41. The number of rotatable bonds is 10. The van der Waals surface area contributed by atoms with E-state index in [4.69, 9.17) is 14.3 Å². The molecule has 3 aromatic rings. The molecule has 1 heterocycles. The molecule has 1 aromatic heterocycles. The van der Waals surface area contributed by atoms with Crippen LogP contribution in [0.3, 0.4) is 0 Å². The van der Waals surface area contributed by atoms with Crippen molar-refractivity contribution in [3.8, 4) is 11.5 Å². The highest BCUT2D eigenvalue weighted by Gasteiger charge is 2.12. The summed E-state index contributed by atoms with van der Waals surface area (Å²) < 4.78 is 12.5. The van der Waals surface area contributed by atoms with Crippen LogP contribution < -0.4 is 25.2 Å². The van der Waals surface area contributed by atoms with Crippen LogP contribution in [-0.4, -0.2) is 35.8 Å². The van der Waals surface area contributed by atoms with E-state index in [0.29, 0.717) is 42.5 Å². The van der Waals surface area contributed by atoms with Gasteiger partial charge in [0.05, 0.1) is 24.8 Å². The number of aliphatic hydroxyl groups excluding tert-OH is 1. The monoisotopic (exact) mass is 412 g/mol. The van der Waals surface area contributed by atoms with Gasteiger partial charge in [0.15, 0.2) is 11.5 Å². The standard InChI is InChI=1S/C23H28N2O5/c1-4-28-21-11-10-17(12-22(21)29-5-2)14-24-19-13-18-8-6-7-9-20(18)25(23(19)27)30-15-16(3)26/h6-13,16,24,26H,4-5,14-15H2,1-3H3. The molecule has 0 radical (unpaired) electrons. The topological polar surface area (TPSA) is 82.0 Å². The Morgan fingerprint density at radius 2 is 1.77 bits per heavy atom. The van der Waals surface area contributed by atoms with Crippen LogP contribution in [0, 0.1) is 0 Å². The molecule has 2 aromatic carbocycles. The van der Waals surface area contributed by atoms with E-state index in [2.05, 4.69) is 5.32 Å². The van der Waals surface area contributed by atoms with Crippen LogP contribution in [0.15, 0.2) is 53.3 Å². The van der Waals surface area contributed by atoms with Gasteiger partial charge in [-0.1, -0.05) is 24.3 Å². The fraction of sp³-hybridized carbons (Fsp3) is 0.348. The van der Waals surface area contributed by atoms with Gasteiger partial charge in [0, 0.05) is 11.9 Å². The molecule has 0 aliphatic rings. The first-order valence-corrected chi connectivity index (χ1v) is 10.1. The SMILES string of the molecule is CCOc1ccc(CNc2cc3ccccc3n(OCC(C)O)c2=O)cc1OCC. The third kappa shape index (κ3) is 5.04. The van der Waals surface area contributed by atoms with Gasteiger partial charge in [-0.05, 0) is 50.6 Å². The molecule has 160 valence electrons. The van der Waals surface area contributed by atoms with Crippen molar-refractivity contribution in [3.63, 3.8) is 0 Å². The Morgan fingerprint density at radius 1 is 1.03 bits per heavy atom. The summed E-state index contributed by atoms with van der Waals surface area (Å²) in [6, 6.07) is 15.0. The molecule has 0 saturated carbocycles. The number of para-hydroxylation sites is 1. The third-order valence-electron chi connectivity index (χ3n) is 4.41. The van der Waals surface area contributed by atoms with Gasteiger partial charge in [0.2, 0.25) is 0 Å². The molecule has 0 amide bonds. The maximum absolute atomic E-state index is 13.0. The van der Waals surface area contributed by atoms with Gasteiger partial charge in [0.1, 0.15) is 12.3 Å². The highest BCUT2D eigenvalue weighted by molar-refractivity contribution is 5.82. The molecule has 0 saturated heterocycles. The Morgan fingerprint density at radius 3 is 2.50 bits per heavy atom.